The van der Waals surface area contributed by atoms with Crippen molar-refractivity contribution >= 4 is 97.0 Å². The first-order chi connectivity index (χ1) is 57.2. The van der Waals surface area contributed by atoms with E-state index in [0.717, 1.165) is 179 Å². The van der Waals surface area contributed by atoms with Crippen LogP contribution in [0.25, 0.3) is 187 Å². The molecule has 16 aromatic carbocycles. The topological polar surface area (TPSA) is 129 Å². The van der Waals surface area contributed by atoms with E-state index >= 15 is 0 Å². The van der Waals surface area contributed by atoms with Crippen LogP contribution >= 0.6 is 0 Å². The number of benzene rings is 16. The molecule has 4 aromatic heterocycles. The van der Waals surface area contributed by atoms with E-state index in [1.165, 1.54) is 102 Å². The van der Waals surface area contributed by atoms with Crippen molar-refractivity contribution < 1.29 is 17.6 Å². The Morgan fingerprint density at radius 3 is 0.575 bits per heavy atom. The van der Waals surface area contributed by atoms with Crippen LogP contribution < -0.4 is 0 Å². The van der Waals surface area contributed by atoms with Crippen molar-refractivity contribution in [2.75, 3.05) is 0 Å². The van der Waals surface area contributed by atoms with Crippen LogP contribution in [-0.2, 0) is 21.7 Å². The summed E-state index contributed by atoms with van der Waals surface area (Å²) < 4.78 is 56.0. The molecule has 0 aliphatic rings. The molecule has 120 heavy (non-hydrogen) atoms. The molecular weight excluding hydrogens is 1490 g/mol. The second kappa shape index (κ2) is 29.3. The van der Waals surface area contributed by atoms with Crippen LogP contribution in [0.4, 0.5) is 17.6 Å². The van der Waals surface area contributed by atoms with Crippen molar-refractivity contribution in [1.82, 2.24) is 49.8 Å². The summed E-state index contributed by atoms with van der Waals surface area (Å²) in [5.41, 5.74) is 14.3. The van der Waals surface area contributed by atoms with Crippen LogP contribution in [0.15, 0.2) is 243 Å². The molecule has 590 valence electrons. The first-order valence-electron chi connectivity index (χ1n) is 40.7. The first-order valence-corrected chi connectivity index (χ1v) is 40.7. The average molecular weight is 1580 g/mol. The maximum Gasteiger partial charge on any atom is 0.164 e. The van der Waals surface area contributed by atoms with Crippen molar-refractivity contribution in [2.45, 2.75) is 132 Å². The van der Waals surface area contributed by atoms with E-state index in [-0.39, 0.29) is 44.9 Å². The first kappa shape index (κ1) is 77.8. The second-order valence-electron chi connectivity index (χ2n) is 35.9. The summed E-state index contributed by atoms with van der Waals surface area (Å²) in [6.07, 6.45) is 0. The number of nitrogens with zero attached hydrogens (tertiary/aromatic N) is 10. The SMILES string of the molecule is CC(C)(C)c1nc(-c2ccc3ccc4c(-c5nc(C(C)(C)C)nc(C(C)(C)C)n5)ccc5ccc2c3c54)nc(C(C)(C)C)n1.Cc1cc(C)nc(-c2ccc3ccc4c(-c5nc(C)cc(C)n5)ccc5ccc2c3c54)n1.Fc1ccc(-c2cc(-c3ccc(F)cc3)c3ccc4c(-c5ccc(F)cc5)cc(-c5ccc(F)cc5)c5ccc2c3c54)cc1. The van der Waals surface area contributed by atoms with E-state index in [1.807, 2.05) is 39.8 Å². The maximum atomic E-state index is 14.0. The van der Waals surface area contributed by atoms with Crippen LogP contribution in [0.5, 0.6) is 0 Å². The Kier molecular flexibility index (Phi) is 19.0. The summed E-state index contributed by atoms with van der Waals surface area (Å²) >= 11 is 0. The van der Waals surface area contributed by atoms with Gasteiger partial charge in [0.2, 0.25) is 0 Å². The number of hydrogen-bond donors (Lipinski definition) is 0. The molecule has 4 heterocycles. The van der Waals surface area contributed by atoms with Crippen molar-refractivity contribution in [1.29, 1.82) is 0 Å². The highest BCUT2D eigenvalue weighted by Gasteiger charge is 2.31. The summed E-state index contributed by atoms with van der Waals surface area (Å²) in [7, 11) is 0. The van der Waals surface area contributed by atoms with Gasteiger partial charge in [-0.3, -0.25) is 0 Å². The summed E-state index contributed by atoms with van der Waals surface area (Å²) in [5, 5.41) is 20.2. The van der Waals surface area contributed by atoms with Gasteiger partial charge in [-0.1, -0.05) is 229 Å². The monoisotopic (exact) mass is 1580 g/mol. The standard InChI is InChI=1S/C40H22F4.C38H44N6.C28H22N4/c41-27-9-1-23(2-10-27)35-21-36(24-3-11-28(42)12-4-24)32-19-20-34-38(26-7-15-30(44)16-8-26)22-37(25-5-13-29(43)14-6-25)33-18-17-31(35)39(32)40(33)34;1-35(2,3)31-39-29(40-32(43-31)36(4,5)6)25-19-15-21-14-18-24-26(20-16-22-13-17-23(25)27(21)28(22)24)30-41-33(37(7,8)9)44-34(42-30)38(10,11)12;1-15-13-16(2)30-27(29-15)23-11-7-19-6-10-22-24(28-31-17(3)14-18(4)32-28)12-8-20-5-9-21(23)25(19)26(20)22/h1-22H;13-20H,1-12H3;5-14H,1-4H3. The molecule has 10 nitrogen and oxygen atoms in total. The molecule has 0 amide bonds. The molecule has 20 rings (SSSR count). The third kappa shape index (κ3) is 14.2. The van der Waals surface area contributed by atoms with E-state index < -0.39 is 0 Å². The lowest BCUT2D eigenvalue weighted by Gasteiger charge is -2.23. The van der Waals surface area contributed by atoms with Crippen molar-refractivity contribution in [3.63, 3.8) is 0 Å². The second-order valence-corrected chi connectivity index (χ2v) is 35.9. The van der Waals surface area contributed by atoms with Crippen LogP contribution in [0.1, 0.15) is 129 Å². The molecule has 0 atom stereocenters. The van der Waals surface area contributed by atoms with Gasteiger partial charge in [0.25, 0.3) is 0 Å². The lowest BCUT2D eigenvalue weighted by atomic mass is 9.82. The highest BCUT2D eigenvalue weighted by molar-refractivity contribution is 6.33. The zero-order valence-electron chi connectivity index (χ0n) is 70.1. The van der Waals surface area contributed by atoms with Crippen LogP contribution in [-0.4, -0.2) is 49.8 Å². The predicted molar refractivity (Wildman–Crippen MR) is 485 cm³/mol. The number of halogens is 4. The number of aryl methyl sites for hydroxylation is 4. The van der Waals surface area contributed by atoms with Gasteiger partial charge in [-0.2, -0.15) is 0 Å². The van der Waals surface area contributed by atoms with E-state index in [9.17, 15) is 17.6 Å². The smallest absolute Gasteiger partial charge is 0.164 e. The van der Waals surface area contributed by atoms with Crippen molar-refractivity contribution in [3.8, 4) is 90.1 Å². The van der Waals surface area contributed by atoms with Gasteiger partial charge >= 0.3 is 0 Å². The molecule has 20 aromatic rings. The van der Waals surface area contributed by atoms with Gasteiger partial charge in [-0.15, -0.1) is 0 Å². The number of rotatable bonds is 8. The molecule has 0 saturated heterocycles. The molecule has 0 aliphatic carbocycles. The molecule has 0 saturated carbocycles. The van der Waals surface area contributed by atoms with Crippen LogP contribution in [0, 0.1) is 51.0 Å². The Bertz CT molecular complexity index is 6740. The molecule has 0 N–H and O–H groups in total. The van der Waals surface area contributed by atoms with Crippen molar-refractivity contribution in [2.24, 2.45) is 0 Å². The van der Waals surface area contributed by atoms with E-state index in [4.69, 9.17) is 49.8 Å². The molecule has 0 unspecified atom stereocenters. The fourth-order valence-electron chi connectivity index (χ4n) is 16.9. The molecule has 0 fully saturated rings. The molecule has 0 aliphatic heterocycles. The highest BCUT2D eigenvalue weighted by atomic mass is 19.1. The normalized spacial score (nSPS) is 12.3. The molecule has 14 heteroatoms. The summed E-state index contributed by atoms with van der Waals surface area (Å²) in [6, 6.07) is 77.3. The Hall–Kier alpha value is -13.5. The van der Waals surface area contributed by atoms with Gasteiger partial charge in [0.1, 0.15) is 46.6 Å². The summed E-state index contributed by atoms with van der Waals surface area (Å²) in [5.74, 6) is 4.92. The fourth-order valence-corrected chi connectivity index (χ4v) is 16.9. The quantitative estimate of drug-likeness (QED) is 0.107. The Morgan fingerprint density at radius 2 is 0.367 bits per heavy atom. The van der Waals surface area contributed by atoms with Gasteiger partial charge in [-0.25, -0.2) is 67.4 Å². The van der Waals surface area contributed by atoms with Gasteiger partial charge in [0, 0.05) is 66.7 Å². The van der Waals surface area contributed by atoms with Crippen molar-refractivity contribution in [3.05, 3.63) is 312 Å². The summed E-state index contributed by atoms with van der Waals surface area (Å²) in [6.45, 7) is 33.9. The third-order valence-corrected chi connectivity index (χ3v) is 22.7. The minimum atomic E-state index is -0.321. The summed E-state index contributed by atoms with van der Waals surface area (Å²) in [4.78, 5) is 49.0. The Labute approximate surface area is 694 Å². The van der Waals surface area contributed by atoms with Gasteiger partial charge < -0.3 is 0 Å². The van der Waals surface area contributed by atoms with Gasteiger partial charge in [-0.05, 0) is 266 Å². The molecule has 0 bridgehead atoms. The average Bonchev–Trinajstić information content (AvgIpc) is 0.693. The zero-order valence-corrected chi connectivity index (χ0v) is 70.1. The molecule has 0 spiro atoms. The molecule has 0 radical (unpaired) electrons. The fraction of sp³-hybridized carbons (Fsp3) is 0.189. The van der Waals surface area contributed by atoms with E-state index in [2.05, 4.69) is 217 Å². The largest absolute Gasteiger partial charge is 0.233 e. The zero-order chi connectivity index (χ0) is 83.9. The Balaban J connectivity index is 0.000000125. The van der Waals surface area contributed by atoms with Gasteiger partial charge in [0.15, 0.2) is 23.3 Å². The predicted octanol–water partition coefficient (Wildman–Crippen LogP) is 28.0. The highest BCUT2D eigenvalue weighted by Crippen LogP contribution is 2.51. The maximum absolute atomic E-state index is 14.0. The number of aromatic nitrogens is 10. The Morgan fingerprint density at radius 1 is 0.183 bits per heavy atom. The van der Waals surface area contributed by atoms with Gasteiger partial charge in [0.05, 0.1) is 0 Å². The molecular formula is C106H88F4N10. The lowest BCUT2D eigenvalue weighted by molar-refractivity contribution is 0.497. The third-order valence-electron chi connectivity index (χ3n) is 22.7. The minimum Gasteiger partial charge on any atom is -0.233 e. The van der Waals surface area contributed by atoms with E-state index in [0.29, 0.717) is 0 Å². The number of hydrogen-bond acceptors (Lipinski definition) is 10. The lowest BCUT2D eigenvalue weighted by Crippen LogP contribution is -2.24. The van der Waals surface area contributed by atoms with Crippen LogP contribution in [0.2, 0.25) is 0 Å². The van der Waals surface area contributed by atoms with Crippen LogP contribution in [0.3, 0.4) is 0 Å². The van der Waals surface area contributed by atoms with E-state index in [1.54, 1.807) is 48.5 Å². The minimum absolute atomic E-state index is 0.210.